The number of aromatic nitrogens is 5. The zero-order chi connectivity index (χ0) is 26.5. The van der Waals surface area contributed by atoms with Crippen LogP contribution in [-0.4, -0.2) is 42.7 Å². The highest BCUT2D eigenvalue weighted by Crippen LogP contribution is 2.29. The summed E-state index contributed by atoms with van der Waals surface area (Å²) in [5, 5.41) is 7.74. The third-order valence-corrected chi connectivity index (χ3v) is 6.51. The summed E-state index contributed by atoms with van der Waals surface area (Å²) in [6.07, 6.45) is 13.4. The highest BCUT2D eigenvalue weighted by atomic mass is 16.5. The van der Waals surface area contributed by atoms with Crippen molar-refractivity contribution in [3.05, 3.63) is 70.8 Å². The molecule has 0 radical (unpaired) electrons. The maximum Gasteiger partial charge on any atom is 0.274 e. The molecule has 1 amide bonds. The number of pyridine rings is 1. The van der Waals surface area contributed by atoms with Gasteiger partial charge in [-0.05, 0) is 31.0 Å². The Labute approximate surface area is 214 Å². The van der Waals surface area contributed by atoms with Crippen LogP contribution in [0.4, 0.5) is 5.69 Å². The monoisotopic (exact) mass is 504 g/mol. The van der Waals surface area contributed by atoms with E-state index >= 15 is 0 Å². The molecule has 0 unspecified atom stereocenters. The van der Waals surface area contributed by atoms with E-state index in [9.17, 15) is 14.4 Å². The van der Waals surface area contributed by atoms with Gasteiger partial charge in [-0.25, -0.2) is 4.98 Å². The number of Topliss-reactive ketones (excluding diaryl/α,β-unsaturated/α-hetero) is 1. The van der Waals surface area contributed by atoms with Gasteiger partial charge >= 0.3 is 0 Å². The van der Waals surface area contributed by atoms with E-state index in [2.05, 4.69) is 20.0 Å². The maximum atomic E-state index is 12.5. The Balaban J connectivity index is 0.000000195. The number of fused-ring (bicyclic) bond motifs is 1. The summed E-state index contributed by atoms with van der Waals surface area (Å²) < 4.78 is 10.4. The second-order valence-electron chi connectivity index (χ2n) is 9.21. The molecule has 0 aliphatic heterocycles. The Bertz CT molecular complexity index is 1480. The number of ketones is 1. The molecule has 37 heavy (non-hydrogen) atoms. The lowest BCUT2D eigenvalue weighted by Crippen LogP contribution is -2.23. The molecule has 10 heteroatoms. The van der Waals surface area contributed by atoms with Crippen LogP contribution < -0.4 is 15.6 Å². The van der Waals surface area contributed by atoms with Crippen molar-refractivity contribution in [2.24, 2.45) is 14.1 Å². The van der Waals surface area contributed by atoms with Crippen molar-refractivity contribution >= 4 is 28.3 Å². The fraction of sp³-hybridized carbons (Fsp3) is 0.370. The Morgan fingerprint density at radius 1 is 1.11 bits per heavy atom. The standard InChI is InChI=1S/C16H16N4O3.C11H16N2O/c1-19-6-4-5-12(16(19)22)17-15(21)11-7-10-9-20(2)18-13(10)8-14(11)23-3;1-9(14)11-12-7-8-13(11)10-5-3-2-4-6-10/h4-9H,1-3H3,(H,17,21);7-8,10H,2-6H2,1H3. The van der Waals surface area contributed by atoms with Crippen LogP contribution in [0.15, 0.2) is 53.8 Å². The predicted octanol–water partition coefficient (Wildman–Crippen LogP) is 4.12. The summed E-state index contributed by atoms with van der Waals surface area (Å²) in [6.45, 7) is 1.58. The number of nitrogens with one attached hydrogen (secondary N) is 1. The number of imidazole rings is 1. The molecule has 1 aliphatic carbocycles. The molecule has 5 rings (SSSR count). The summed E-state index contributed by atoms with van der Waals surface area (Å²) in [5.41, 5.74) is 1.02. The lowest BCUT2D eigenvalue weighted by atomic mass is 9.95. The normalized spacial score (nSPS) is 13.6. The highest BCUT2D eigenvalue weighted by molar-refractivity contribution is 6.08. The van der Waals surface area contributed by atoms with E-state index < -0.39 is 5.91 Å². The van der Waals surface area contributed by atoms with Crippen molar-refractivity contribution in [1.82, 2.24) is 23.9 Å². The van der Waals surface area contributed by atoms with Gasteiger partial charge in [0, 0.05) is 63.3 Å². The average molecular weight is 505 g/mol. The zero-order valence-corrected chi connectivity index (χ0v) is 21.6. The number of nitrogens with zero attached hydrogens (tertiary/aromatic N) is 5. The minimum absolute atomic E-state index is 0.0700. The Kier molecular flexibility index (Phi) is 7.86. The lowest BCUT2D eigenvalue weighted by molar-refractivity contribution is 0.0993. The summed E-state index contributed by atoms with van der Waals surface area (Å²) in [6, 6.07) is 7.16. The number of ether oxygens (including phenoxy) is 1. The zero-order valence-electron chi connectivity index (χ0n) is 21.6. The van der Waals surface area contributed by atoms with Crippen LogP contribution >= 0.6 is 0 Å². The second-order valence-corrected chi connectivity index (χ2v) is 9.21. The molecule has 1 N–H and O–H groups in total. The van der Waals surface area contributed by atoms with Gasteiger partial charge in [-0.1, -0.05) is 19.3 Å². The van der Waals surface area contributed by atoms with E-state index in [4.69, 9.17) is 4.74 Å². The largest absolute Gasteiger partial charge is 0.496 e. The Morgan fingerprint density at radius 2 is 1.86 bits per heavy atom. The van der Waals surface area contributed by atoms with Crippen LogP contribution in [-0.2, 0) is 14.1 Å². The molecular weight excluding hydrogens is 472 g/mol. The molecule has 1 aliphatic rings. The molecule has 10 nitrogen and oxygen atoms in total. The van der Waals surface area contributed by atoms with Gasteiger partial charge < -0.3 is 19.2 Å². The summed E-state index contributed by atoms with van der Waals surface area (Å²) >= 11 is 0. The first kappa shape index (κ1) is 25.9. The first-order chi connectivity index (χ1) is 17.8. The van der Waals surface area contributed by atoms with Gasteiger partial charge in [0.2, 0.25) is 0 Å². The van der Waals surface area contributed by atoms with E-state index in [-0.39, 0.29) is 17.0 Å². The number of anilines is 1. The number of carbonyl (C=O) groups excluding carboxylic acids is 2. The smallest absolute Gasteiger partial charge is 0.274 e. The maximum absolute atomic E-state index is 12.5. The van der Waals surface area contributed by atoms with Gasteiger partial charge in [0.1, 0.15) is 11.4 Å². The number of methoxy groups -OCH3 is 1. The fourth-order valence-corrected chi connectivity index (χ4v) is 4.64. The van der Waals surface area contributed by atoms with Crippen LogP contribution in [0.3, 0.4) is 0 Å². The molecule has 1 saturated carbocycles. The molecule has 0 bridgehead atoms. The third kappa shape index (κ3) is 5.79. The van der Waals surface area contributed by atoms with E-state index in [0.29, 0.717) is 23.2 Å². The number of aryl methyl sites for hydroxylation is 2. The van der Waals surface area contributed by atoms with E-state index in [1.54, 1.807) is 62.4 Å². The highest BCUT2D eigenvalue weighted by Gasteiger charge is 2.19. The van der Waals surface area contributed by atoms with E-state index in [1.807, 2.05) is 12.4 Å². The van der Waals surface area contributed by atoms with E-state index in [0.717, 1.165) is 10.9 Å². The Morgan fingerprint density at radius 3 is 2.57 bits per heavy atom. The van der Waals surface area contributed by atoms with Gasteiger partial charge in [0.15, 0.2) is 11.6 Å². The summed E-state index contributed by atoms with van der Waals surface area (Å²) in [7, 11) is 4.92. The second kappa shape index (κ2) is 11.2. The first-order valence-corrected chi connectivity index (χ1v) is 12.3. The molecule has 0 atom stereocenters. The Hall–Kier alpha value is -4.21. The van der Waals surface area contributed by atoms with Crippen molar-refractivity contribution in [2.45, 2.75) is 45.1 Å². The number of amides is 1. The predicted molar refractivity (Wildman–Crippen MR) is 141 cm³/mol. The van der Waals surface area contributed by atoms with Crippen LogP contribution in [0.1, 0.15) is 66.0 Å². The van der Waals surface area contributed by atoms with Crippen molar-refractivity contribution in [1.29, 1.82) is 0 Å². The van der Waals surface area contributed by atoms with Crippen LogP contribution in [0.2, 0.25) is 0 Å². The molecule has 194 valence electrons. The van der Waals surface area contributed by atoms with Crippen molar-refractivity contribution < 1.29 is 14.3 Å². The van der Waals surface area contributed by atoms with Gasteiger partial charge in [-0.3, -0.25) is 19.1 Å². The van der Waals surface area contributed by atoms with Gasteiger partial charge in [0.25, 0.3) is 11.5 Å². The minimum Gasteiger partial charge on any atom is -0.496 e. The number of hydrogen-bond acceptors (Lipinski definition) is 6. The number of rotatable bonds is 5. The number of benzene rings is 1. The van der Waals surface area contributed by atoms with Crippen molar-refractivity contribution in [2.75, 3.05) is 12.4 Å². The molecule has 4 aromatic rings. The van der Waals surface area contributed by atoms with Gasteiger partial charge in [0.05, 0.1) is 18.2 Å². The molecule has 1 fully saturated rings. The fourth-order valence-electron chi connectivity index (χ4n) is 4.64. The van der Waals surface area contributed by atoms with Gasteiger partial charge in [-0.2, -0.15) is 5.10 Å². The quantitative estimate of drug-likeness (QED) is 0.409. The topological polar surface area (TPSA) is 113 Å². The van der Waals surface area contributed by atoms with Gasteiger partial charge in [-0.15, -0.1) is 0 Å². The van der Waals surface area contributed by atoms with Crippen molar-refractivity contribution in [3.8, 4) is 5.75 Å². The number of carbonyl (C=O) groups is 2. The first-order valence-electron chi connectivity index (χ1n) is 12.3. The minimum atomic E-state index is -0.407. The third-order valence-electron chi connectivity index (χ3n) is 6.51. The summed E-state index contributed by atoms with van der Waals surface area (Å²) in [4.78, 5) is 39.9. The summed E-state index contributed by atoms with van der Waals surface area (Å²) in [5.74, 6) is 0.690. The molecule has 0 spiro atoms. The lowest BCUT2D eigenvalue weighted by Gasteiger charge is -2.24. The van der Waals surface area contributed by atoms with Crippen LogP contribution in [0.25, 0.3) is 10.9 Å². The molecule has 3 heterocycles. The average Bonchev–Trinajstić information content (AvgIpc) is 3.53. The SMILES string of the molecule is CC(=O)c1nccn1C1CCCCC1.COc1cc2nn(C)cc2cc1C(=O)Nc1cccn(C)c1=O. The van der Waals surface area contributed by atoms with Crippen LogP contribution in [0, 0.1) is 0 Å². The number of hydrogen-bond donors (Lipinski definition) is 1. The van der Waals surface area contributed by atoms with Crippen molar-refractivity contribution in [3.63, 3.8) is 0 Å². The van der Waals surface area contributed by atoms with Crippen LogP contribution in [0.5, 0.6) is 5.75 Å². The molecule has 3 aromatic heterocycles. The molecular formula is C27H32N6O4. The molecule has 1 aromatic carbocycles. The van der Waals surface area contributed by atoms with E-state index in [1.165, 1.54) is 43.8 Å². The molecule has 0 saturated heterocycles.